The minimum absolute atomic E-state index is 0.104. The maximum absolute atomic E-state index is 12.4. The van der Waals surface area contributed by atoms with Crippen molar-refractivity contribution in [2.45, 2.75) is 59.4 Å². The third-order valence-corrected chi connectivity index (χ3v) is 6.14. The van der Waals surface area contributed by atoms with E-state index in [4.69, 9.17) is 0 Å². The number of rotatable bonds is 6. The molecule has 1 aliphatic heterocycles. The molecular weight excluding hydrogens is 382 g/mol. The SMILES string of the molecule is CCC(C)(C)NC(=O)c1csc(Cc2cc(C)c(NC3=NCCCN3)cc2C)n1. The molecule has 0 atom stereocenters. The molecule has 2 aromatic rings. The maximum Gasteiger partial charge on any atom is 0.271 e. The predicted molar refractivity (Wildman–Crippen MR) is 121 cm³/mol. The van der Waals surface area contributed by atoms with Gasteiger partial charge in [-0.2, -0.15) is 0 Å². The highest BCUT2D eigenvalue weighted by molar-refractivity contribution is 7.09. The van der Waals surface area contributed by atoms with E-state index in [2.05, 4.69) is 58.8 Å². The molecule has 0 unspecified atom stereocenters. The number of benzene rings is 1. The van der Waals surface area contributed by atoms with Crippen LogP contribution in [0, 0.1) is 13.8 Å². The smallest absolute Gasteiger partial charge is 0.271 e. The Bertz CT molecular complexity index is 916. The highest BCUT2D eigenvalue weighted by Crippen LogP contribution is 2.24. The first-order valence-electron chi connectivity index (χ1n) is 10.2. The lowest BCUT2D eigenvalue weighted by atomic mass is 10.0. The molecule has 6 nitrogen and oxygen atoms in total. The van der Waals surface area contributed by atoms with Crippen LogP contribution in [0.2, 0.25) is 0 Å². The number of carbonyl (C=O) groups excluding carboxylic acids is 1. The van der Waals surface area contributed by atoms with Gasteiger partial charge < -0.3 is 16.0 Å². The van der Waals surface area contributed by atoms with E-state index in [1.54, 1.807) is 0 Å². The summed E-state index contributed by atoms with van der Waals surface area (Å²) in [5.41, 5.74) is 4.93. The van der Waals surface area contributed by atoms with Gasteiger partial charge in [0.15, 0.2) is 5.96 Å². The number of aryl methyl sites for hydroxylation is 2. The van der Waals surface area contributed by atoms with Crippen molar-refractivity contribution in [3.63, 3.8) is 0 Å². The molecule has 0 saturated carbocycles. The van der Waals surface area contributed by atoms with Gasteiger partial charge in [0.05, 0.1) is 5.01 Å². The Balaban J connectivity index is 1.70. The van der Waals surface area contributed by atoms with Gasteiger partial charge in [0.1, 0.15) is 5.69 Å². The zero-order valence-electron chi connectivity index (χ0n) is 18.0. The number of amides is 1. The molecule has 1 aromatic carbocycles. The van der Waals surface area contributed by atoms with Crippen molar-refractivity contribution in [1.29, 1.82) is 0 Å². The second-order valence-corrected chi connectivity index (χ2v) is 9.17. The summed E-state index contributed by atoms with van der Waals surface area (Å²) >= 11 is 1.54. The average molecular weight is 414 g/mol. The monoisotopic (exact) mass is 413 g/mol. The van der Waals surface area contributed by atoms with Crippen LogP contribution in [0.15, 0.2) is 22.5 Å². The molecule has 0 aliphatic carbocycles. The number of nitrogens with one attached hydrogen (secondary N) is 3. The Labute approximate surface area is 177 Å². The van der Waals surface area contributed by atoms with Crippen LogP contribution in [-0.2, 0) is 6.42 Å². The van der Waals surface area contributed by atoms with Crippen molar-refractivity contribution < 1.29 is 4.79 Å². The first kappa shape index (κ1) is 21.3. The second kappa shape index (κ2) is 8.95. The van der Waals surface area contributed by atoms with Crippen molar-refractivity contribution in [1.82, 2.24) is 15.6 Å². The Hall–Kier alpha value is -2.41. The van der Waals surface area contributed by atoms with Gasteiger partial charge in [0.2, 0.25) is 0 Å². The third-order valence-electron chi connectivity index (χ3n) is 5.30. The largest absolute Gasteiger partial charge is 0.356 e. The third kappa shape index (κ3) is 5.56. The minimum Gasteiger partial charge on any atom is -0.356 e. The van der Waals surface area contributed by atoms with Crippen molar-refractivity contribution in [2.24, 2.45) is 4.99 Å². The molecule has 0 bridgehead atoms. The number of hydrogen-bond acceptors (Lipinski definition) is 6. The fourth-order valence-electron chi connectivity index (χ4n) is 3.06. The van der Waals surface area contributed by atoms with E-state index in [-0.39, 0.29) is 11.4 Å². The van der Waals surface area contributed by atoms with Crippen LogP contribution in [0.25, 0.3) is 0 Å². The fourth-order valence-corrected chi connectivity index (χ4v) is 3.86. The summed E-state index contributed by atoms with van der Waals surface area (Å²) in [7, 11) is 0. The van der Waals surface area contributed by atoms with Gasteiger partial charge in [-0.3, -0.25) is 9.79 Å². The Morgan fingerprint density at radius 2 is 2.07 bits per heavy atom. The molecule has 0 saturated heterocycles. The summed E-state index contributed by atoms with van der Waals surface area (Å²) in [6, 6.07) is 4.36. The van der Waals surface area contributed by atoms with Gasteiger partial charge in [-0.15, -0.1) is 11.3 Å². The number of guanidine groups is 1. The van der Waals surface area contributed by atoms with E-state index >= 15 is 0 Å². The molecule has 1 aliphatic rings. The van der Waals surface area contributed by atoms with Crippen LogP contribution in [0.3, 0.4) is 0 Å². The van der Waals surface area contributed by atoms with Gasteiger partial charge in [-0.25, -0.2) is 4.98 Å². The Morgan fingerprint density at radius 3 is 2.76 bits per heavy atom. The Kier molecular flexibility index (Phi) is 6.57. The number of anilines is 1. The first-order valence-corrected chi connectivity index (χ1v) is 11.1. The lowest BCUT2D eigenvalue weighted by Crippen LogP contribution is -2.42. The van der Waals surface area contributed by atoms with Gasteiger partial charge in [0, 0.05) is 36.1 Å². The van der Waals surface area contributed by atoms with Crippen LogP contribution in [0.5, 0.6) is 0 Å². The van der Waals surface area contributed by atoms with Crippen molar-refractivity contribution in [2.75, 3.05) is 18.4 Å². The summed E-state index contributed by atoms with van der Waals surface area (Å²) in [5.74, 6) is 0.740. The zero-order valence-corrected chi connectivity index (χ0v) is 18.8. The molecule has 1 amide bonds. The first-order chi connectivity index (χ1) is 13.8. The average Bonchev–Trinajstić information content (AvgIpc) is 3.15. The summed E-state index contributed by atoms with van der Waals surface area (Å²) in [6.45, 7) is 12.1. The number of hydrogen-bond donors (Lipinski definition) is 3. The quantitative estimate of drug-likeness (QED) is 0.668. The van der Waals surface area contributed by atoms with Crippen LogP contribution in [0.4, 0.5) is 5.69 Å². The number of aromatic nitrogens is 1. The predicted octanol–water partition coefficient (Wildman–Crippen LogP) is 4.03. The number of thiazole rings is 1. The lowest BCUT2D eigenvalue weighted by molar-refractivity contribution is 0.0906. The van der Waals surface area contributed by atoms with Crippen molar-refractivity contribution in [3.8, 4) is 0 Å². The van der Waals surface area contributed by atoms with Gasteiger partial charge in [0.25, 0.3) is 5.91 Å². The lowest BCUT2D eigenvalue weighted by Gasteiger charge is -2.23. The maximum atomic E-state index is 12.4. The molecule has 156 valence electrons. The highest BCUT2D eigenvalue weighted by Gasteiger charge is 2.21. The summed E-state index contributed by atoms with van der Waals surface area (Å²) < 4.78 is 0. The van der Waals surface area contributed by atoms with E-state index in [9.17, 15) is 4.79 Å². The molecular formula is C22H31N5OS. The van der Waals surface area contributed by atoms with Crippen molar-refractivity contribution in [3.05, 3.63) is 44.9 Å². The molecule has 1 aromatic heterocycles. The molecule has 0 fully saturated rings. The van der Waals surface area contributed by atoms with Crippen molar-refractivity contribution >= 4 is 28.9 Å². The molecule has 2 heterocycles. The molecule has 3 N–H and O–H groups in total. The molecule has 3 rings (SSSR count). The standard InChI is InChI=1S/C22H31N5OS/c1-6-22(4,5)27-20(28)18-13-29-19(25-18)12-16-10-15(3)17(11-14(16)2)26-21-23-8-7-9-24-21/h10-11,13H,6-9,12H2,1-5H3,(H,27,28)(H2,23,24,26). The van der Waals surface area contributed by atoms with E-state index < -0.39 is 0 Å². The fraction of sp³-hybridized carbons (Fsp3) is 0.500. The molecule has 7 heteroatoms. The summed E-state index contributed by atoms with van der Waals surface area (Å²) in [4.78, 5) is 21.5. The summed E-state index contributed by atoms with van der Waals surface area (Å²) in [5, 5.41) is 12.5. The topological polar surface area (TPSA) is 78.4 Å². The van der Waals surface area contributed by atoms with E-state index in [1.807, 2.05) is 19.2 Å². The Morgan fingerprint density at radius 1 is 1.28 bits per heavy atom. The second-order valence-electron chi connectivity index (χ2n) is 8.22. The summed E-state index contributed by atoms with van der Waals surface area (Å²) in [6.07, 6.45) is 2.67. The van der Waals surface area contributed by atoms with Crippen LogP contribution in [-0.4, -0.2) is 35.5 Å². The van der Waals surface area contributed by atoms with Gasteiger partial charge in [-0.05, 0) is 63.3 Å². The number of nitrogens with zero attached hydrogens (tertiary/aromatic N) is 2. The number of aliphatic imine (C=N–C) groups is 1. The highest BCUT2D eigenvalue weighted by atomic mass is 32.1. The minimum atomic E-state index is -0.227. The van der Waals surface area contributed by atoms with Crippen LogP contribution < -0.4 is 16.0 Å². The van der Waals surface area contributed by atoms with E-state index in [0.29, 0.717) is 5.69 Å². The zero-order chi connectivity index (χ0) is 21.0. The number of carbonyl (C=O) groups is 1. The molecule has 29 heavy (non-hydrogen) atoms. The van der Waals surface area contributed by atoms with Gasteiger partial charge in [-0.1, -0.05) is 13.0 Å². The normalized spacial score (nSPS) is 14.2. The van der Waals surface area contributed by atoms with E-state index in [0.717, 1.165) is 49.0 Å². The van der Waals surface area contributed by atoms with Crippen LogP contribution >= 0.6 is 11.3 Å². The van der Waals surface area contributed by atoms with Crippen LogP contribution in [0.1, 0.15) is 65.8 Å². The molecule has 0 spiro atoms. The van der Waals surface area contributed by atoms with E-state index in [1.165, 1.54) is 28.0 Å². The van der Waals surface area contributed by atoms with Gasteiger partial charge >= 0.3 is 0 Å². The molecule has 0 radical (unpaired) electrons.